The van der Waals surface area contributed by atoms with Crippen molar-refractivity contribution in [3.05, 3.63) is 27.2 Å². The Morgan fingerprint density at radius 3 is 2.17 bits per heavy atom. The molecule has 0 radical (unpaired) electrons. The van der Waals surface area contributed by atoms with E-state index in [1.807, 2.05) is 0 Å². The molecule has 1 N–H and O–H groups in total. The van der Waals surface area contributed by atoms with Crippen molar-refractivity contribution in [3.63, 3.8) is 0 Å². The second kappa shape index (κ2) is 7.06. The minimum atomic E-state index is -3.70. The molecule has 0 amide bonds. The van der Waals surface area contributed by atoms with E-state index in [-0.39, 0.29) is 14.9 Å². The van der Waals surface area contributed by atoms with Crippen LogP contribution in [0.5, 0.6) is 0 Å². The van der Waals surface area contributed by atoms with Gasteiger partial charge in [0.05, 0.1) is 10.0 Å². The number of hydrogen-bond acceptors (Lipinski definition) is 3. The molecule has 0 aromatic heterocycles. The summed E-state index contributed by atoms with van der Waals surface area (Å²) >= 11 is 18.0. The Balaban J connectivity index is 1.77. The third-order valence-corrected chi connectivity index (χ3v) is 7.77. The molecule has 2 aliphatic heterocycles. The molecular formula is C15H19Cl3N2O2S. The molecule has 2 fully saturated rings. The summed E-state index contributed by atoms with van der Waals surface area (Å²) in [5.74, 6) is 0.542. The minimum absolute atomic E-state index is 0.0392. The van der Waals surface area contributed by atoms with Crippen LogP contribution in [0.15, 0.2) is 17.0 Å². The van der Waals surface area contributed by atoms with Crippen molar-refractivity contribution in [3.8, 4) is 0 Å². The van der Waals surface area contributed by atoms with Crippen LogP contribution in [-0.2, 0) is 10.0 Å². The average Bonchev–Trinajstić information content (AvgIpc) is 3.00. The number of rotatable bonds is 3. The maximum absolute atomic E-state index is 12.9. The van der Waals surface area contributed by atoms with Gasteiger partial charge < -0.3 is 5.32 Å². The molecule has 1 atom stereocenters. The van der Waals surface area contributed by atoms with Gasteiger partial charge in [-0.1, -0.05) is 34.8 Å². The fourth-order valence-electron chi connectivity index (χ4n) is 3.54. The third kappa shape index (κ3) is 3.65. The van der Waals surface area contributed by atoms with Gasteiger partial charge in [-0.2, -0.15) is 4.31 Å². The molecule has 1 aromatic carbocycles. The number of benzene rings is 1. The van der Waals surface area contributed by atoms with Crippen LogP contribution >= 0.6 is 34.8 Å². The molecule has 2 aliphatic rings. The van der Waals surface area contributed by atoms with Crippen LogP contribution in [-0.4, -0.2) is 38.4 Å². The van der Waals surface area contributed by atoms with Crippen LogP contribution in [0.3, 0.4) is 0 Å². The molecule has 3 rings (SSSR count). The minimum Gasteiger partial charge on any atom is -0.314 e. The predicted octanol–water partition coefficient (Wildman–Crippen LogP) is 3.80. The summed E-state index contributed by atoms with van der Waals surface area (Å²) in [6.45, 7) is 2.07. The Morgan fingerprint density at radius 1 is 1.04 bits per heavy atom. The third-order valence-electron chi connectivity index (χ3n) is 4.73. The highest BCUT2D eigenvalue weighted by atomic mass is 35.5. The van der Waals surface area contributed by atoms with Gasteiger partial charge in [0.25, 0.3) is 0 Å². The molecule has 1 aromatic rings. The SMILES string of the molecule is O=S(=O)(c1c(Cl)cc(Cl)cc1Cl)N1CCC(C2CCCN2)CC1. The molecular weight excluding hydrogens is 379 g/mol. The lowest BCUT2D eigenvalue weighted by Crippen LogP contribution is -2.43. The molecule has 2 heterocycles. The van der Waals surface area contributed by atoms with Gasteiger partial charge in [-0.15, -0.1) is 0 Å². The Bertz CT molecular complexity index is 659. The standard InChI is InChI=1S/C15H19Cl3N2O2S/c16-11-8-12(17)15(13(18)9-11)23(21,22)20-6-3-10(4-7-20)14-2-1-5-19-14/h8-10,14,19H,1-7H2. The van der Waals surface area contributed by atoms with E-state index in [1.54, 1.807) is 0 Å². The lowest BCUT2D eigenvalue weighted by Gasteiger charge is -2.34. The van der Waals surface area contributed by atoms with Crippen molar-refractivity contribution in [2.24, 2.45) is 5.92 Å². The first-order valence-corrected chi connectivity index (χ1v) is 10.3. The summed E-state index contributed by atoms with van der Waals surface area (Å²) in [4.78, 5) is -0.0392. The topological polar surface area (TPSA) is 49.4 Å². The van der Waals surface area contributed by atoms with Gasteiger partial charge in [-0.3, -0.25) is 0 Å². The molecule has 128 valence electrons. The van der Waals surface area contributed by atoms with E-state index in [0.717, 1.165) is 19.4 Å². The van der Waals surface area contributed by atoms with Crippen LogP contribution in [0.2, 0.25) is 15.1 Å². The summed E-state index contributed by atoms with van der Waals surface area (Å²) in [7, 11) is -3.70. The number of nitrogens with one attached hydrogen (secondary N) is 1. The van der Waals surface area contributed by atoms with Gasteiger partial charge in [0.2, 0.25) is 10.0 Å². The zero-order valence-electron chi connectivity index (χ0n) is 12.6. The molecule has 0 spiro atoms. The van der Waals surface area contributed by atoms with E-state index in [0.29, 0.717) is 30.1 Å². The summed E-state index contributed by atoms with van der Waals surface area (Å²) in [6, 6.07) is 3.36. The Morgan fingerprint density at radius 2 is 1.65 bits per heavy atom. The Hall–Kier alpha value is -0.0400. The van der Waals surface area contributed by atoms with Gasteiger partial charge in [-0.05, 0) is 50.3 Å². The molecule has 0 bridgehead atoms. The highest BCUT2D eigenvalue weighted by Gasteiger charge is 2.35. The normalized spacial score (nSPS) is 24.2. The lowest BCUT2D eigenvalue weighted by molar-refractivity contribution is 0.234. The van der Waals surface area contributed by atoms with Crippen LogP contribution in [0.1, 0.15) is 25.7 Å². The Labute approximate surface area is 152 Å². The molecule has 8 heteroatoms. The van der Waals surface area contributed by atoms with Crippen molar-refractivity contribution in [1.82, 2.24) is 9.62 Å². The molecule has 0 aliphatic carbocycles. The molecule has 0 saturated carbocycles. The quantitative estimate of drug-likeness (QED) is 0.844. The zero-order chi connectivity index (χ0) is 16.6. The van der Waals surface area contributed by atoms with Crippen LogP contribution in [0.4, 0.5) is 0 Å². The number of sulfonamides is 1. The van der Waals surface area contributed by atoms with Crippen molar-refractivity contribution in [1.29, 1.82) is 0 Å². The maximum Gasteiger partial charge on any atom is 0.246 e. The smallest absolute Gasteiger partial charge is 0.246 e. The summed E-state index contributed by atoms with van der Waals surface area (Å²) in [6.07, 6.45) is 4.12. The van der Waals surface area contributed by atoms with E-state index in [4.69, 9.17) is 34.8 Å². The van der Waals surface area contributed by atoms with E-state index >= 15 is 0 Å². The number of piperidine rings is 1. The largest absolute Gasteiger partial charge is 0.314 e. The van der Waals surface area contributed by atoms with E-state index in [1.165, 1.54) is 29.3 Å². The van der Waals surface area contributed by atoms with E-state index < -0.39 is 10.0 Å². The van der Waals surface area contributed by atoms with Crippen molar-refractivity contribution < 1.29 is 8.42 Å². The van der Waals surface area contributed by atoms with Crippen molar-refractivity contribution >= 4 is 44.8 Å². The van der Waals surface area contributed by atoms with Gasteiger partial charge in [0, 0.05) is 24.2 Å². The highest BCUT2D eigenvalue weighted by Crippen LogP contribution is 2.36. The van der Waals surface area contributed by atoms with Crippen LogP contribution in [0.25, 0.3) is 0 Å². The van der Waals surface area contributed by atoms with Gasteiger partial charge in [-0.25, -0.2) is 8.42 Å². The van der Waals surface area contributed by atoms with Gasteiger partial charge in [0.15, 0.2) is 0 Å². The number of nitrogens with zero attached hydrogens (tertiary/aromatic N) is 1. The zero-order valence-corrected chi connectivity index (χ0v) is 15.6. The fraction of sp³-hybridized carbons (Fsp3) is 0.600. The maximum atomic E-state index is 12.9. The van der Waals surface area contributed by atoms with Crippen LogP contribution in [0, 0.1) is 5.92 Å². The number of hydrogen-bond donors (Lipinski definition) is 1. The summed E-state index contributed by atoms with van der Waals surface area (Å²) in [5.41, 5.74) is 0. The van der Waals surface area contributed by atoms with Gasteiger partial charge in [0.1, 0.15) is 4.90 Å². The molecule has 2 saturated heterocycles. The van der Waals surface area contributed by atoms with Crippen molar-refractivity contribution in [2.45, 2.75) is 36.6 Å². The monoisotopic (exact) mass is 396 g/mol. The average molecular weight is 398 g/mol. The highest BCUT2D eigenvalue weighted by molar-refractivity contribution is 7.89. The first-order valence-electron chi connectivity index (χ1n) is 7.77. The lowest BCUT2D eigenvalue weighted by atomic mass is 9.89. The molecule has 4 nitrogen and oxygen atoms in total. The van der Waals surface area contributed by atoms with Crippen LogP contribution < -0.4 is 5.32 Å². The number of halogens is 3. The predicted molar refractivity (Wildman–Crippen MR) is 94.0 cm³/mol. The second-order valence-electron chi connectivity index (χ2n) is 6.14. The van der Waals surface area contributed by atoms with Crippen molar-refractivity contribution in [2.75, 3.05) is 19.6 Å². The molecule has 1 unspecified atom stereocenters. The summed E-state index contributed by atoms with van der Waals surface area (Å²) in [5, 5.41) is 3.98. The second-order valence-corrected chi connectivity index (χ2v) is 9.27. The first-order chi connectivity index (χ1) is 10.9. The summed E-state index contributed by atoms with van der Waals surface area (Å²) < 4.78 is 27.2. The molecule has 23 heavy (non-hydrogen) atoms. The first kappa shape index (κ1) is 17.8. The van der Waals surface area contributed by atoms with E-state index in [9.17, 15) is 8.42 Å². The Kier molecular flexibility index (Phi) is 5.46. The van der Waals surface area contributed by atoms with E-state index in [2.05, 4.69) is 5.32 Å². The van der Waals surface area contributed by atoms with Gasteiger partial charge >= 0.3 is 0 Å². The fourth-order valence-corrected chi connectivity index (χ4v) is 6.50.